The lowest BCUT2D eigenvalue weighted by Gasteiger charge is -2.39. The van der Waals surface area contributed by atoms with Crippen molar-refractivity contribution in [3.8, 4) is 11.4 Å². The highest BCUT2D eigenvalue weighted by molar-refractivity contribution is 5.83. The summed E-state index contributed by atoms with van der Waals surface area (Å²) in [6, 6.07) is 9.11. The molecule has 1 aliphatic heterocycles. The standard InChI is InChI=1S/C21H22F2N4O/c1-13-12-27(9-8-25(13)2)15-5-7-19-17(11-15)21(28)26(3)20(24-19)16-10-14(22)4-6-18(16)23/h4-7,10-11,13H,8-9,12H2,1-3H3. The summed E-state index contributed by atoms with van der Waals surface area (Å²) in [5, 5.41) is 0.465. The minimum Gasteiger partial charge on any atom is -0.369 e. The number of nitrogens with zero attached hydrogens (tertiary/aromatic N) is 4. The van der Waals surface area contributed by atoms with E-state index in [2.05, 4.69) is 28.8 Å². The van der Waals surface area contributed by atoms with Crippen molar-refractivity contribution in [2.75, 3.05) is 31.6 Å². The van der Waals surface area contributed by atoms with Crippen LogP contribution in [0.5, 0.6) is 0 Å². The molecule has 0 bridgehead atoms. The summed E-state index contributed by atoms with van der Waals surface area (Å²) in [4.78, 5) is 22.0. The van der Waals surface area contributed by atoms with Gasteiger partial charge in [0.15, 0.2) is 0 Å². The van der Waals surface area contributed by atoms with Crippen LogP contribution in [0.3, 0.4) is 0 Å². The zero-order valence-corrected chi connectivity index (χ0v) is 16.1. The molecule has 1 aromatic heterocycles. The fourth-order valence-electron chi connectivity index (χ4n) is 3.65. The van der Waals surface area contributed by atoms with Crippen molar-refractivity contribution in [2.45, 2.75) is 13.0 Å². The lowest BCUT2D eigenvalue weighted by Crippen LogP contribution is -2.50. The second-order valence-electron chi connectivity index (χ2n) is 7.40. The van der Waals surface area contributed by atoms with Crippen molar-refractivity contribution >= 4 is 16.6 Å². The van der Waals surface area contributed by atoms with Gasteiger partial charge in [0.25, 0.3) is 5.56 Å². The van der Waals surface area contributed by atoms with Gasteiger partial charge in [0.05, 0.1) is 16.5 Å². The number of hydrogen-bond acceptors (Lipinski definition) is 4. The van der Waals surface area contributed by atoms with Crippen LogP contribution < -0.4 is 10.5 Å². The van der Waals surface area contributed by atoms with Gasteiger partial charge in [0.1, 0.15) is 17.5 Å². The molecule has 1 unspecified atom stereocenters. The predicted molar refractivity (Wildman–Crippen MR) is 107 cm³/mol. The topological polar surface area (TPSA) is 41.4 Å². The highest BCUT2D eigenvalue weighted by Crippen LogP contribution is 2.25. The number of benzene rings is 2. The second-order valence-corrected chi connectivity index (χ2v) is 7.40. The Labute approximate surface area is 161 Å². The lowest BCUT2D eigenvalue weighted by atomic mass is 10.1. The van der Waals surface area contributed by atoms with E-state index in [1.54, 1.807) is 6.07 Å². The summed E-state index contributed by atoms with van der Waals surface area (Å²) in [6.45, 7) is 4.88. The normalized spacial score (nSPS) is 18.0. The van der Waals surface area contributed by atoms with Gasteiger partial charge in [-0.15, -0.1) is 0 Å². The molecule has 0 aliphatic carbocycles. The molecule has 2 heterocycles. The van der Waals surface area contributed by atoms with Gasteiger partial charge in [0, 0.05) is 38.4 Å². The summed E-state index contributed by atoms with van der Waals surface area (Å²) in [7, 11) is 3.63. The van der Waals surface area contributed by atoms with Crippen molar-refractivity contribution in [1.82, 2.24) is 14.5 Å². The average Bonchev–Trinajstić information content (AvgIpc) is 2.68. The fourth-order valence-corrected chi connectivity index (χ4v) is 3.65. The SMILES string of the molecule is CC1CN(c2ccc3nc(-c4cc(F)ccc4F)n(C)c(=O)c3c2)CCN1C. The number of piperazine rings is 1. The first kappa shape index (κ1) is 18.6. The number of likely N-dealkylation sites (N-methyl/N-ethyl adjacent to an activating group) is 1. The summed E-state index contributed by atoms with van der Waals surface area (Å²) in [5.41, 5.74) is 1.12. The molecule has 1 fully saturated rings. The third-order valence-corrected chi connectivity index (χ3v) is 5.55. The van der Waals surface area contributed by atoms with E-state index in [9.17, 15) is 13.6 Å². The van der Waals surface area contributed by atoms with Crippen molar-refractivity contribution in [3.05, 3.63) is 58.4 Å². The second kappa shape index (κ2) is 6.98. The van der Waals surface area contributed by atoms with Gasteiger partial charge in [0.2, 0.25) is 0 Å². The van der Waals surface area contributed by atoms with Crippen molar-refractivity contribution in [3.63, 3.8) is 0 Å². The van der Waals surface area contributed by atoms with Gasteiger partial charge in [-0.1, -0.05) is 0 Å². The highest BCUT2D eigenvalue weighted by Gasteiger charge is 2.22. The Morgan fingerprint density at radius 1 is 1.07 bits per heavy atom. The Hall–Kier alpha value is -2.80. The van der Waals surface area contributed by atoms with Crippen LogP contribution >= 0.6 is 0 Å². The molecule has 5 nitrogen and oxygen atoms in total. The van der Waals surface area contributed by atoms with Gasteiger partial charge in [-0.25, -0.2) is 13.8 Å². The third kappa shape index (κ3) is 3.16. The zero-order valence-electron chi connectivity index (χ0n) is 16.1. The monoisotopic (exact) mass is 384 g/mol. The third-order valence-electron chi connectivity index (χ3n) is 5.55. The first-order chi connectivity index (χ1) is 13.3. The molecule has 0 amide bonds. The molecular formula is C21H22F2N4O. The van der Waals surface area contributed by atoms with Gasteiger partial charge < -0.3 is 9.80 Å². The molecule has 3 aromatic rings. The number of hydrogen-bond donors (Lipinski definition) is 0. The van der Waals surface area contributed by atoms with Crippen LogP contribution in [0.1, 0.15) is 6.92 Å². The summed E-state index contributed by atoms with van der Waals surface area (Å²) >= 11 is 0. The zero-order chi connectivity index (χ0) is 20.0. The van der Waals surface area contributed by atoms with Crippen LogP contribution in [0.25, 0.3) is 22.3 Å². The van der Waals surface area contributed by atoms with E-state index in [0.717, 1.165) is 43.5 Å². The van der Waals surface area contributed by atoms with E-state index in [-0.39, 0.29) is 16.9 Å². The molecule has 4 rings (SSSR count). The first-order valence-corrected chi connectivity index (χ1v) is 9.26. The minimum absolute atomic E-state index is 0.0292. The maximum Gasteiger partial charge on any atom is 0.261 e. The molecule has 7 heteroatoms. The number of aromatic nitrogens is 2. The summed E-state index contributed by atoms with van der Waals surface area (Å²) in [6.07, 6.45) is 0. The molecule has 0 saturated carbocycles. The average molecular weight is 384 g/mol. The summed E-state index contributed by atoms with van der Waals surface area (Å²) in [5.74, 6) is -1.09. The van der Waals surface area contributed by atoms with E-state index in [0.29, 0.717) is 16.9 Å². The van der Waals surface area contributed by atoms with Crippen molar-refractivity contribution in [1.29, 1.82) is 0 Å². The Kier molecular flexibility index (Phi) is 4.63. The van der Waals surface area contributed by atoms with Gasteiger partial charge in [-0.3, -0.25) is 9.36 Å². The quantitative estimate of drug-likeness (QED) is 0.681. The van der Waals surface area contributed by atoms with E-state index >= 15 is 0 Å². The Balaban J connectivity index is 1.81. The van der Waals surface area contributed by atoms with Crippen LogP contribution in [0.2, 0.25) is 0 Å². The van der Waals surface area contributed by atoms with Gasteiger partial charge in [-0.05, 0) is 50.4 Å². The highest BCUT2D eigenvalue weighted by atomic mass is 19.1. The number of halogens is 2. The van der Waals surface area contributed by atoms with Crippen molar-refractivity contribution < 1.29 is 8.78 Å². The fraction of sp³-hybridized carbons (Fsp3) is 0.333. The molecule has 2 aromatic carbocycles. The predicted octanol–water partition coefficient (Wildman–Crippen LogP) is 3.02. The van der Waals surface area contributed by atoms with Crippen LogP contribution in [0, 0.1) is 11.6 Å². The summed E-state index contributed by atoms with van der Waals surface area (Å²) < 4.78 is 29.1. The molecule has 0 spiro atoms. The molecule has 1 saturated heterocycles. The minimum atomic E-state index is -0.619. The maximum atomic E-state index is 14.2. The molecular weight excluding hydrogens is 362 g/mol. The van der Waals surface area contributed by atoms with E-state index in [4.69, 9.17) is 0 Å². The lowest BCUT2D eigenvalue weighted by molar-refractivity contribution is 0.234. The van der Waals surface area contributed by atoms with Crippen molar-refractivity contribution in [2.24, 2.45) is 7.05 Å². The van der Waals surface area contributed by atoms with E-state index < -0.39 is 11.6 Å². The van der Waals surface area contributed by atoms with E-state index in [1.165, 1.54) is 11.6 Å². The Bertz CT molecular complexity index is 1110. The first-order valence-electron chi connectivity index (χ1n) is 9.26. The van der Waals surface area contributed by atoms with Crippen LogP contribution in [-0.2, 0) is 7.05 Å². The van der Waals surface area contributed by atoms with Crippen LogP contribution in [0.15, 0.2) is 41.2 Å². The number of anilines is 1. The van der Waals surface area contributed by atoms with Gasteiger partial charge >= 0.3 is 0 Å². The number of rotatable bonds is 2. The number of fused-ring (bicyclic) bond motifs is 1. The van der Waals surface area contributed by atoms with E-state index in [1.807, 2.05) is 12.1 Å². The maximum absolute atomic E-state index is 14.2. The van der Waals surface area contributed by atoms with Gasteiger partial charge in [-0.2, -0.15) is 0 Å². The Morgan fingerprint density at radius 3 is 2.61 bits per heavy atom. The molecule has 28 heavy (non-hydrogen) atoms. The van der Waals surface area contributed by atoms with Crippen LogP contribution in [-0.4, -0.2) is 47.2 Å². The molecule has 1 atom stereocenters. The molecule has 146 valence electrons. The smallest absolute Gasteiger partial charge is 0.261 e. The molecule has 0 radical (unpaired) electrons. The van der Waals surface area contributed by atoms with Crippen LogP contribution in [0.4, 0.5) is 14.5 Å². The molecule has 0 N–H and O–H groups in total. The Morgan fingerprint density at radius 2 is 1.86 bits per heavy atom. The molecule has 1 aliphatic rings. The largest absolute Gasteiger partial charge is 0.369 e.